The Labute approximate surface area is 145 Å². The Morgan fingerprint density at radius 1 is 1.25 bits per heavy atom. The molecule has 1 aromatic carbocycles. The lowest BCUT2D eigenvalue weighted by Gasteiger charge is -2.09. The molecule has 9 heteroatoms. The fourth-order valence-corrected chi connectivity index (χ4v) is 3.02. The number of rotatable bonds is 4. The van der Waals surface area contributed by atoms with Gasteiger partial charge in [0, 0.05) is 29.2 Å². The van der Waals surface area contributed by atoms with Crippen molar-refractivity contribution in [2.75, 3.05) is 0 Å². The van der Waals surface area contributed by atoms with Crippen LogP contribution in [0, 0.1) is 6.92 Å². The van der Waals surface area contributed by atoms with E-state index in [9.17, 15) is 13.2 Å². The molecule has 0 bridgehead atoms. The first-order valence-corrected chi connectivity index (χ1v) is 8.07. The number of thioether (sulfide) groups is 1. The molecule has 0 saturated carbocycles. The summed E-state index contributed by atoms with van der Waals surface area (Å²) in [6.45, 7) is 2.46. The Morgan fingerprint density at radius 3 is 2.67 bits per heavy atom. The maximum absolute atomic E-state index is 12.4. The first-order valence-electron chi connectivity index (χ1n) is 6.88. The van der Waals surface area contributed by atoms with Gasteiger partial charge in [-0.05, 0) is 36.9 Å². The van der Waals surface area contributed by atoms with Gasteiger partial charge in [-0.15, -0.1) is 0 Å². The summed E-state index contributed by atoms with van der Waals surface area (Å²) in [4.78, 5) is 8.43. The fraction of sp³-hybridized carbons (Fsp3) is 0.200. The van der Waals surface area contributed by atoms with Gasteiger partial charge in [-0.2, -0.15) is 13.2 Å². The van der Waals surface area contributed by atoms with Gasteiger partial charge in [-0.25, -0.2) is 9.97 Å². The zero-order valence-electron chi connectivity index (χ0n) is 12.5. The van der Waals surface area contributed by atoms with Gasteiger partial charge in [0.25, 0.3) is 0 Å². The van der Waals surface area contributed by atoms with E-state index in [1.54, 1.807) is 23.2 Å². The van der Waals surface area contributed by atoms with Crippen molar-refractivity contribution >= 4 is 23.4 Å². The van der Waals surface area contributed by atoms with Gasteiger partial charge in [-0.3, -0.25) is 0 Å². The monoisotopic (exact) mass is 372 g/mol. The molecule has 0 aliphatic heterocycles. The second-order valence-corrected chi connectivity index (χ2v) is 6.55. The van der Waals surface area contributed by atoms with Gasteiger partial charge in [0.1, 0.15) is 5.82 Å². The SMILES string of the molecule is Cc1nccn1Cc1cn(-c2ccc(SC(F)(F)F)c(Cl)c2)cn1. The number of nitrogens with zero attached hydrogens (tertiary/aromatic N) is 4. The third-order valence-corrected chi connectivity index (χ3v) is 4.56. The number of halogens is 4. The van der Waals surface area contributed by atoms with Crippen LogP contribution in [0.5, 0.6) is 0 Å². The molecule has 2 aromatic heterocycles. The average Bonchev–Trinajstić information content (AvgIpc) is 3.10. The minimum Gasteiger partial charge on any atom is -0.329 e. The predicted octanol–water partition coefficient (Wildman–Crippen LogP) is 4.69. The van der Waals surface area contributed by atoms with Crippen LogP contribution in [0.4, 0.5) is 13.2 Å². The van der Waals surface area contributed by atoms with Crippen LogP contribution in [0.3, 0.4) is 0 Å². The highest BCUT2D eigenvalue weighted by atomic mass is 35.5. The van der Waals surface area contributed by atoms with Gasteiger partial charge in [0.05, 0.1) is 23.6 Å². The molecule has 2 heterocycles. The highest BCUT2D eigenvalue weighted by Gasteiger charge is 2.30. The molecule has 24 heavy (non-hydrogen) atoms. The highest BCUT2D eigenvalue weighted by Crippen LogP contribution is 2.40. The van der Waals surface area contributed by atoms with Crippen molar-refractivity contribution < 1.29 is 13.2 Å². The van der Waals surface area contributed by atoms with Crippen molar-refractivity contribution in [3.05, 3.63) is 59.7 Å². The van der Waals surface area contributed by atoms with E-state index >= 15 is 0 Å². The maximum atomic E-state index is 12.4. The Morgan fingerprint density at radius 2 is 2.04 bits per heavy atom. The summed E-state index contributed by atoms with van der Waals surface area (Å²) in [6, 6.07) is 4.42. The summed E-state index contributed by atoms with van der Waals surface area (Å²) >= 11 is 5.73. The lowest BCUT2D eigenvalue weighted by molar-refractivity contribution is -0.0328. The normalized spacial score (nSPS) is 11.9. The molecule has 3 rings (SSSR count). The molecule has 0 N–H and O–H groups in total. The van der Waals surface area contributed by atoms with Gasteiger partial charge in [-0.1, -0.05) is 11.6 Å². The molecule has 0 fully saturated rings. The van der Waals surface area contributed by atoms with Crippen molar-refractivity contribution in [1.29, 1.82) is 0 Å². The molecule has 0 radical (unpaired) electrons. The van der Waals surface area contributed by atoms with Crippen LogP contribution in [0.25, 0.3) is 5.69 Å². The summed E-state index contributed by atoms with van der Waals surface area (Å²) in [5, 5.41) is 0.0514. The first-order chi connectivity index (χ1) is 11.3. The maximum Gasteiger partial charge on any atom is 0.446 e. The molecule has 0 aliphatic rings. The smallest absolute Gasteiger partial charge is 0.329 e. The van der Waals surface area contributed by atoms with E-state index in [0.29, 0.717) is 12.2 Å². The van der Waals surface area contributed by atoms with Crippen LogP contribution < -0.4 is 0 Å². The van der Waals surface area contributed by atoms with Crippen molar-refractivity contribution in [2.45, 2.75) is 23.9 Å². The summed E-state index contributed by atoms with van der Waals surface area (Å²) in [5.41, 5.74) is -2.91. The number of alkyl halides is 3. The van der Waals surface area contributed by atoms with Crippen molar-refractivity contribution in [3.63, 3.8) is 0 Å². The van der Waals surface area contributed by atoms with E-state index in [0.717, 1.165) is 11.5 Å². The Bertz CT molecular complexity index is 857. The van der Waals surface area contributed by atoms with E-state index < -0.39 is 5.51 Å². The van der Waals surface area contributed by atoms with Crippen LogP contribution in [0.1, 0.15) is 11.5 Å². The number of hydrogen-bond donors (Lipinski definition) is 0. The first kappa shape index (κ1) is 16.9. The number of aryl methyl sites for hydroxylation is 1. The van der Waals surface area contributed by atoms with Crippen LogP contribution in [-0.2, 0) is 6.54 Å². The number of imidazole rings is 2. The van der Waals surface area contributed by atoms with Crippen LogP contribution in [0.15, 0.2) is 48.0 Å². The van der Waals surface area contributed by atoms with Crippen molar-refractivity contribution in [1.82, 2.24) is 19.1 Å². The molecule has 0 saturated heterocycles. The van der Waals surface area contributed by atoms with Crippen LogP contribution >= 0.6 is 23.4 Å². The molecular weight excluding hydrogens is 361 g/mol. The molecule has 0 unspecified atom stereocenters. The molecule has 126 valence electrons. The number of aromatic nitrogens is 4. The van der Waals surface area contributed by atoms with Crippen LogP contribution in [-0.4, -0.2) is 24.6 Å². The zero-order chi connectivity index (χ0) is 17.3. The summed E-state index contributed by atoms with van der Waals surface area (Å²) in [7, 11) is 0. The second kappa shape index (κ2) is 6.52. The lowest BCUT2D eigenvalue weighted by atomic mass is 10.3. The molecule has 0 atom stereocenters. The molecule has 0 aliphatic carbocycles. The molecule has 0 amide bonds. The average molecular weight is 373 g/mol. The zero-order valence-corrected chi connectivity index (χ0v) is 14.0. The Balaban J connectivity index is 1.80. The van der Waals surface area contributed by atoms with Crippen molar-refractivity contribution in [2.24, 2.45) is 0 Å². The fourth-order valence-electron chi connectivity index (χ4n) is 2.19. The summed E-state index contributed by atoms with van der Waals surface area (Å²) in [6.07, 6.45) is 6.98. The lowest BCUT2D eigenvalue weighted by Crippen LogP contribution is -2.01. The third kappa shape index (κ3) is 3.93. The summed E-state index contributed by atoms with van der Waals surface area (Å²) in [5.74, 6) is 0.876. The van der Waals surface area contributed by atoms with Gasteiger partial charge < -0.3 is 9.13 Å². The third-order valence-electron chi connectivity index (χ3n) is 3.33. The van der Waals surface area contributed by atoms with E-state index in [1.165, 1.54) is 12.1 Å². The van der Waals surface area contributed by atoms with E-state index in [2.05, 4.69) is 9.97 Å². The number of hydrogen-bond acceptors (Lipinski definition) is 3. The second-order valence-electron chi connectivity index (χ2n) is 5.04. The molecule has 4 nitrogen and oxygen atoms in total. The predicted molar refractivity (Wildman–Crippen MR) is 86.6 cm³/mol. The van der Waals surface area contributed by atoms with E-state index in [4.69, 9.17) is 11.6 Å². The molecular formula is C15H12ClF3N4S. The highest BCUT2D eigenvalue weighted by molar-refractivity contribution is 8.00. The van der Waals surface area contributed by atoms with E-state index in [-0.39, 0.29) is 21.7 Å². The Kier molecular flexibility index (Phi) is 4.60. The van der Waals surface area contributed by atoms with Gasteiger partial charge in [0.15, 0.2) is 0 Å². The van der Waals surface area contributed by atoms with Crippen molar-refractivity contribution in [3.8, 4) is 5.69 Å². The number of benzene rings is 1. The van der Waals surface area contributed by atoms with Gasteiger partial charge in [0.2, 0.25) is 0 Å². The minimum atomic E-state index is -4.37. The molecule has 3 aromatic rings. The summed E-state index contributed by atoms with van der Waals surface area (Å²) < 4.78 is 41.0. The standard InChI is InChI=1S/C15H12ClF3N4S/c1-10-20-4-5-22(10)7-11-8-23(9-21-11)12-2-3-14(13(16)6-12)24-15(17,18)19/h2-6,8-9H,7H2,1H3. The molecule has 0 spiro atoms. The largest absolute Gasteiger partial charge is 0.446 e. The van der Waals surface area contributed by atoms with E-state index in [1.807, 2.05) is 23.9 Å². The van der Waals surface area contributed by atoms with Crippen LogP contribution in [0.2, 0.25) is 5.02 Å². The topological polar surface area (TPSA) is 35.6 Å². The van der Waals surface area contributed by atoms with Gasteiger partial charge >= 0.3 is 5.51 Å². The Hall–Kier alpha value is -1.93. The minimum absolute atomic E-state index is 0.0257. The quantitative estimate of drug-likeness (QED) is 0.623.